The summed E-state index contributed by atoms with van der Waals surface area (Å²) < 4.78 is 45.5. The Morgan fingerprint density at radius 2 is 1.69 bits per heavy atom. The van der Waals surface area contributed by atoms with Crippen molar-refractivity contribution in [3.63, 3.8) is 0 Å². The summed E-state index contributed by atoms with van der Waals surface area (Å²) in [7, 11) is -3.71. The van der Waals surface area contributed by atoms with Crippen LogP contribution in [-0.2, 0) is 21.2 Å². The molecule has 0 saturated carbocycles. The average molecular weight is 478 g/mol. The van der Waals surface area contributed by atoms with E-state index in [1.807, 2.05) is 12.1 Å². The molecule has 0 bridgehead atoms. The Morgan fingerprint density at radius 1 is 1.03 bits per heavy atom. The van der Waals surface area contributed by atoms with Crippen LogP contribution in [0.25, 0.3) is 11.3 Å². The molecule has 10 heteroatoms. The normalized spacial score (nSPS) is 15.1. The Bertz CT molecular complexity index is 1190. The fourth-order valence-electron chi connectivity index (χ4n) is 3.48. The minimum atomic E-state index is -3.71. The summed E-state index contributed by atoms with van der Waals surface area (Å²) in [4.78, 5) is 18.5. The predicted octanol–water partition coefficient (Wildman–Crippen LogP) is 3.60. The maximum atomic E-state index is 13.1. The molecule has 7 nitrogen and oxygen atoms in total. The lowest BCUT2D eigenvalue weighted by molar-refractivity contribution is -0.132. The van der Waals surface area contributed by atoms with Crippen LogP contribution in [-0.4, -0.2) is 54.7 Å². The average Bonchev–Trinajstić information content (AvgIpc) is 3.27. The van der Waals surface area contributed by atoms with Gasteiger partial charge in [-0.05, 0) is 48.5 Å². The number of hydrogen-bond acceptors (Lipinski definition) is 5. The molecule has 2 heterocycles. The number of aromatic nitrogens is 1. The summed E-state index contributed by atoms with van der Waals surface area (Å²) >= 11 is 5.90. The third-order valence-corrected chi connectivity index (χ3v) is 7.44. The fourth-order valence-corrected chi connectivity index (χ4v) is 5.03. The van der Waals surface area contributed by atoms with Crippen LogP contribution >= 0.6 is 11.6 Å². The van der Waals surface area contributed by atoms with Gasteiger partial charge in [0.05, 0.1) is 11.1 Å². The molecular weight excluding hydrogens is 457 g/mol. The van der Waals surface area contributed by atoms with E-state index in [-0.39, 0.29) is 30.3 Å². The van der Waals surface area contributed by atoms with Gasteiger partial charge in [0.15, 0.2) is 11.7 Å². The number of halogens is 2. The van der Waals surface area contributed by atoms with E-state index in [1.165, 1.54) is 16.4 Å². The number of nitrogens with zero attached hydrogens (tertiary/aromatic N) is 3. The third-order valence-electron chi connectivity index (χ3n) is 5.28. The van der Waals surface area contributed by atoms with Gasteiger partial charge in [-0.25, -0.2) is 17.8 Å². The zero-order valence-electron chi connectivity index (χ0n) is 17.1. The molecule has 3 aromatic rings. The SMILES string of the molecule is O=C(CCc1ncc(-c2ccc(Cl)cc2)o1)N1CCN(S(=O)(=O)c2ccc(F)cc2)CC1. The topological polar surface area (TPSA) is 83.7 Å². The van der Waals surface area contributed by atoms with Crippen LogP contribution in [0.2, 0.25) is 5.02 Å². The Hall–Kier alpha value is -2.75. The first-order chi connectivity index (χ1) is 15.3. The number of hydrogen-bond donors (Lipinski definition) is 0. The maximum Gasteiger partial charge on any atom is 0.243 e. The molecule has 1 aliphatic rings. The Labute approximate surface area is 190 Å². The molecule has 0 unspecified atom stereocenters. The van der Waals surface area contributed by atoms with Gasteiger partial charge in [0, 0.05) is 49.6 Å². The van der Waals surface area contributed by atoms with Gasteiger partial charge in [-0.15, -0.1) is 0 Å². The molecule has 1 aliphatic heterocycles. The molecule has 0 N–H and O–H groups in total. The summed E-state index contributed by atoms with van der Waals surface area (Å²) in [6.45, 7) is 0.956. The molecule has 0 spiro atoms. The lowest BCUT2D eigenvalue weighted by atomic mass is 10.2. The monoisotopic (exact) mass is 477 g/mol. The minimum absolute atomic E-state index is 0.0408. The second kappa shape index (κ2) is 9.40. The van der Waals surface area contributed by atoms with Crippen molar-refractivity contribution >= 4 is 27.5 Å². The summed E-state index contributed by atoms with van der Waals surface area (Å²) in [6.07, 6.45) is 2.17. The van der Waals surface area contributed by atoms with Crippen LogP contribution in [0.15, 0.2) is 64.0 Å². The van der Waals surface area contributed by atoms with Crippen LogP contribution in [0.3, 0.4) is 0 Å². The van der Waals surface area contributed by atoms with Gasteiger partial charge in [-0.2, -0.15) is 4.31 Å². The van der Waals surface area contributed by atoms with Gasteiger partial charge < -0.3 is 9.32 Å². The van der Waals surface area contributed by atoms with Crippen molar-refractivity contribution in [2.45, 2.75) is 17.7 Å². The van der Waals surface area contributed by atoms with Crippen LogP contribution in [0.1, 0.15) is 12.3 Å². The molecule has 0 atom stereocenters. The number of benzene rings is 2. The highest BCUT2D eigenvalue weighted by Crippen LogP contribution is 2.23. The van der Waals surface area contributed by atoms with Crippen LogP contribution in [0, 0.1) is 5.82 Å². The molecule has 32 heavy (non-hydrogen) atoms. The van der Waals surface area contributed by atoms with Gasteiger partial charge in [0.1, 0.15) is 5.82 Å². The van der Waals surface area contributed by atoms with Crippen molar-refractivity contribution in [2.24, 2.45) is 0 Å². The summed E-state index contributed by atoms with van der Waals surface area (Å²) in [5.41, 5.74) is 0.845. The zero-order valence-corrected chi connectivity index (χ0v) is 18.7. The molecule has 1 amide bonds. The molecule has 4 rings (SSSR count). The standard InChI is InChI=1S/C22H21ClFN3O4S/c23-17-3-1-16(2-4-17)20-15-25-21(31-20)9-10-22(28)26-11-13-27(14-12-26)32(29,30)19-7-5-18(24)6-8-19/h1-8,15H,9-14H2. The maximum absolute atomic E-state index is 13.1. The molecule has 0 aliphatic carbocycles. The van der Waals surface area contributed by atoms with Gasteiger partial charge in [-0.1, -0.05) is 11.6 Å². The van der Waals surface area contributed by atoms with E-state index in [2.05, 4.69) is 4.98 Å². The van der Waals surface area contributed by atoms with E-state index in [9.17, 15) is 17.6 Å². The third kappa shape index (κ3) is 5.01. The molecular formula is C22H21ClFN3O4S. The highest BCUT2D eigenvalue weighted by molar-refractivity contribution is 7.89. The summed E-state index contributed by atoms with van der Waals surface area (Å²) in [6, 6.07) is 11.9. The fraction of sp³-hybridized carbons (Fsp3) is 0.273. The minimum Gasteiger partial charge on any atom is -0.441 e. The summed E-state index contributed by atoms with van der Waals surface area (Å²) in [5.74, 6) is 0.477. The lowest BCUT2D eigenvalue weighted by Gasteiger charge is -2.34. The second-order valence-electron chi connectivity index (χ2n) is 7.36. The molecule has 168 valence electrons. The zero-order chi connectivity index (χ0) is 22.7. The highest BCUT2D eigenvalue weighted by atomic mass is 35.5. The number of carbonyl (C=O) groups is 1. The number of amides is 1. The van der Waals surface area contributed by atoms with E-state index in [0.717, 1.165) is 17.7 Å². The first-order valence-corrected chi connectivity index (χ1v) is 11.9. The number of piperazine rings is 1. The molecule has 1 aromatic heterocycles. The number of oxazole rings is 1. The largest absolute Gasteiger partial charge is 0.441 e. The van der Waals surface area contributed by atoms with E-state index in [0.29, 0.717) is 36.2 Å². The number of carbonyl (C=O) groups excluding carboxylic acids is 1. The molecule has 2 aromatic carbocycles. The number of sulfonamides is 1. The van der Waals surface area contributed by atoms with Gasteiger partial charge in [-0.3, -0.25) is 4.79 Å². The Morgan fingerprint density at radius 3 is 2.34 bits per heavy atom. The predicted molar refractivity (Wildman–Crippen MR) is 117 cm³/mol. The first-order valence-electron chi connectivity index (χ1n) is 10.1. The molecule has 0 radical (unpaired) electrons. The van der Waals surface area contributed by atoms with Crippen molar-refractivity contribution in [3.8, 4) is 11.3 Å². The van der Waals surface area contributed by atoms with Crippen molar-refractivity contribution in [3.05, 3.63) is 71.5 Å². The van der Waals surface area contributed by atoms with Crippen LogP contribution in [0.5, 0.6) is 0 Å². The van der Waals surface area contributed by atoms with Crippen LogP contribution < -0.4 is 0 Å². The first kappa shape index (κ1) is 22.4. The highest BCUT2D eigenvalue weighted by Gasteiger charge is 2.30. The lowest BCUT2D eigenvalue weighted by Crippen LogP contribution is -2.50. The smallest absolute Gasteiger partial charge is 0.243 e. The van der Waals surface area contributed by atoms with E-state index in [4.69, 9.17) is 16.0 Å². The van der Waals surface area contributed by atoms with Gasteiger partial charge in [0.25, 0.3) is 0 Å². The summed E-state index contributed by atoms with van der Waals surface area (Å²) in [5, 5.41) is 0.629. The molecule has 1 fully saturated rings. The van der Waals surface area contributed by atoms with Crippen LogP contribution in [0.4, 0.5) is 4.39 Å². The molecule has 1 saturated heterocycles. The van der Waals surface area contributed by atoms with Gasteiger partial charge in [0.2, 0.25) is 15.9 Å². The Kier molecular flexibility index (Phi) is 6.59. The van der Waals surface area contributed by atoms with E-state index >= 15 is 0 Å². The van der Waals surface area contributed by atoms with Crippen molar-refractivity contribution in [2.75, 3.05) is 26.2 Å². The quantitative estimate of drug-likeness (QED) is 0.541. The van der Waals surface area contributed by atoms with E-state index in [1.54, 1.807) is 23.2 Å². The van der Waals surface area contributed by atoms with E-state index < -0.39 is 15.8 Å². The van der Waals surface area contributed by atoms with Crippen molar-refractivity contribution < 1.29 is 22.0 Å². The number of aryl methyl sites for hydroxylation is 1. The van der Waals surface area contributed by atoms with Crippen molar-refractivity contribution in [1.82, 2.24) is 14.2 Å². The number of rotatable bonds is 6. The van der Waals surface area contributed by atoms with Crippen molar-refractivity contribution in [1.29, 1.82) is 0 Å². The van der Waals surface area contributed by atoms with Gasteiger partial charge >= 0.3 is 0 Å². The second-order valence-corrected chi connectivity index (χ2v) is 9.74. The Balaban J connectivity index is 1.29.